The van der Waals surface area contributed by atoms with E-state index in [0.29, 0.717) is 0 Å². The second-order valence-corrected chi connectivity index (χ2v) is 10.2. The molecule has 0 saturated carbocycles. The number of azo groups is 1. The first-order valence-electron chi connectivity index (χ1n) is 11.5. The van der Waals surface area contributed by atoms with Crippen molar-refractivity contribution in [1.82, 2.24) is 0 Å². The molecule has 0 saturated heterocycles. The molecule has 0 fully saturated rings. The van der Waals surface area contributed by atoms with Crippen molar-refractivity contribution in [3.63, 3.8) is 0 Å². The van der Waals surface area contributed by atoms with Gasteiger partial charge in [0, 0.05) is 0 Å². The summed E-state index contributed by atoms with van der Waals surface area (Å²) in [5, 5.41) is 8.61. The molecule has 0 atom stereocenters. The lowest BCUT2D eigenvalue weighted by Crippen LogP contribution is -2.26. The second kappa shape index (κ2) is 16.5. The SMILES string of the molecule is C=C/C=C/C=C/C=C/C=C/C=C/c1ccc(/N=N\c2ccc(/C=C/C=C/C=C/[Si](C)(O)O)cc2)cc1. The molecule has 0 aromatic heterocycles. The van der Waals surface area contributed by atoms with Crippen molar-refractivity contribution in [2.24, 2.45) is 10.2 Å². The third kappa shape index (κ3) is 13.5. The van der Waals surface area contributed by atoms with Crippen molar-refractivity contribution in [3.05, 3.63) is 157 Å². The summed E-state index contributed by atoms with van der Waals surface area (Å²) in [7, 11) is -3.13. The Balaban J connectivity index is 1.82. The third-order valence-electron chi connectivity index (χ3n) is 4.41. The maximum atomic E-state index is 9.32. The maximum Gasteiger partial charge on any atom is 0.356 e. The van der Waals surface area contributed by atoms with Crippen molar-refractivity contribution in [3.8, 4) is 0 Å². The largest absolute Gasteiger partial charge is 0.408 e. The molecular formula is C31H32N2O2Si. The zero-order chi connectivity index (χ0) is 25.9. The fraction of sp³-hybridized carbons (Fsp3) is 0.0323. The molecule has 0 radical (unpaired) electrons. The Morgan fingerprint density at radius 3 is 1.31 bits per heavy atom. The quantitative estimate of drug-likeness (QED) is 0.178. The Labute approximate surface area is 215 Å². The van der Waals surface area contributed by atoms with Gasteiger partial charge in [-0.2, -0.15) is 10.2 Å². The highest BCUT2D eigenvalue weighted by Gasteiger charge is 2.14. The smallest absolute Gasteiger partial charge is 0.356 e. The first-order valence-corrected chi connectivity index (χ1v) is 14.0. The molecule has 0 spiro atoms. The molecule has 36 heavy (non-hydrogen) atoms. The highest BCUT2D eigenvalue weighted by Crippen LogP contribution is 2.20. The highest BCUT2D eigenvalue weighted by molar-refractivity contribution is 6.68. The number of hydrogen-bond acceptors (Lipinski definition) is 4. The van der Waals surface area contributed by atoms with Gasteiger partial charge in [0.2, 0.25) is 0 Å². The van der Waals surface area contributed by atoms with Gasteiger partial charge in [-0.25, -0.2) is 0 Å². The van der Waals surface area contributed by atoms with Crippen LogP contribution in [0.15, 0.2) is 156 Å². The predicted molar refractivity (Wildman–Crippen MR) is 156 cm³/mol. The van der Waals surface area contributed by atoms with Gasteiger partial charge in [0.1, 0.15) is 0 Å². The molecule has 5 heteroatoms. The molecule has 0 amide bonds. The fourth-order valence-corrected chi connectivity index (χ4v) is 3.12. The first kappa shape index (κ1) is 28.1. The zero-order valence-electron chi connectivity index (χ0n) is 20.4. The van der Waals surface area contributed by atoms with Gasteiger partial charge in [-0.3, -0.25) is 0 Å². The predicted octanol–water partition coefficient (Wildman–Crippen LogP) is 8.25. The molecule has 0 aliphatic rings. The lowest BCUT2D eigenvalue weighted by molar-refractivity contribution is 0.390. The summed E-state index contributed by atoms with van der Waals surface area (Å²) in [6.45, 7) is 5.05. The Morgan fingerprint density at radius 1 is 0.556 bits per heavy atom. The van der Waals surface area contributed by atoms with Crippen molar-refractivity contribution < 1.29 is 9.59 Å². The van der Waals surface area contributed by atoms with Crippen LogP contribution in [0.4, 0.5) is 11.4 Å². The van der Waals surface area contributed by atoms with E-state index < -0.39 is 8.56 Å². The summed E-state index contributed by atoms with van der Waals surface area (Å²) in [6, 6.07) is 15.6. The fourth-order valence-electron chi connectivity index (χ4n) is 2.65. The molecule has 2 N–H and O–H groups in total. The number of allylic oxidation sites excluding steroid dienone is 14. The second-order valence-electron chi connectivity index (χ2n) is 7.71. The lowest BCUT2D eigenvalue weighted by Gasteiger charge is -2.01. The van der Waals surface area contributed by atoms with Crippen molar-refractivity contribution in [1.29, 1.82) is 0 Å². The average Bonchev–Trinajstić information content (AvgIpc) is 2.87. The van der Waals surface area contributed by atoms with Gasteiger partial charge in [-0.15, -0.1) is 0 Å². The van der Waals surface area contributed by atoms with E-state index in [4.69, 9.17) is 0 Å². The van der Waals surface area contributed by atoms with Crippen LogP contribution in [0, 0.1) is 0 Å². The molecule has 2 rings (SSSR count). The molecule has 2 aromatic rings. The van der Waals surface area contributed by atoms with Crippen LogP contribution in [0.25, 0.3) is 12.2 Å². The molecule has 4 nitrogen and oxygen atoms in total. The summed E-state index contributed by atoms with van der Waals surface area (Å²) >= 11 is 0. The Morgan fingerprint density at radius 2 is 0.917 bits per heavy atom. The van der Waals surface area contributed by atoms with E-state index in [0.717, 1.165) is 22.5 Å². The van der Waals surface area contributed by atoms with Gasteiger partial charge in [0.05, 0.1) is 11.4 Å². The molecule has 2 aromatic carbocycles. The summed E-state index contributed by atoms with van der Waals surface area (Å²) in [5.41, 5.74) is 5.11. The number of rotatable bonds is 12. The van der Waals surface area contributed by atoms with Crippen LogP contribution in [0.2, 0.25) is 6.55 Å². The van der Waals surface area contributed by atoms with Crippen molar-refractivity contribution >= 4 is 32.1 Å². The van der Waals surface area contributed by atoms with Crippen LogP contribution in [-0.4, -0.2) is 18.2 Å². The van der Waals surface area contributed by atoms with Crippen LogP contribution in [0.5, 0.6) is 0 Å². The molecule has 0 heterocycles. The minimum atomic E-state index is -3.13. The molecule has 0 aliphatic carbocycles. The van der Waals surface area contributed by atoms with Gasteiger partial charge in [0.25, 0.3) is 0 Å². The van der Waals surface area contributed by atoms with Gasteiger partial charge in [0.15, 0.2) is 0 Å². The number of hydrogen-bond donors (Lipinski definition) is 2. The van der Waals surface area contributed by atoms with E-state index >= 15 is 0 Å². The van der Waals surface area contributed by atoms with Crippen LogP contribution in [0.1, 0.15) is 11.1 Å². The van der Waals surface area contributed by atoms with Gasteiger partial charge < -0.3 is 9.59 Å². The van der Waals surface area contributed by atoms with E-state index in [1.165, 1.54) is 12.2 Å². The number of nitrogens with zero attached hydrogens (tertiary/aromatic N) is 2. The van der Waals surface area contributed by atoms with E-state index in [-0.39, 0.29) is 0 Å². The van der Waals surface area contributed by atoms with Crippen molar-refractivity contribution in [2.45, 2.75) is 6.55 Å². The van der Waals surface area contributed by atoms with E-state index in [2.05, 4.69) is 16.8 Å². The Bertz CT molecular complexity index is 1200. The summed E-state index contributed by atoms with van der Waals surface area (Å²) in [6.07, 6.45) is 30.4. The van der Waals surface area contributed by atoms with Crippen molar-refractivity contribution in [2.75, 3.05) is 0 Å². The molecule has 182 valence electrons. The van der Waals surface area contributed by atoms with Gasteiger partial charge in [-0.05, 0) is 47.6 Å². The Hall–Kier alpha value is -4.16. The minimum absolute atomic E-state index is 0.773. The summed E-state index contributed by atoms with van der Waals surface area (Å²) < 4.78 is 0. The van der Waals surface area contributed by atoms with Crippen LogP contribution >= 0.6 is 0 Å². The monoisotopic (exact) mass is 492 g/mol. The van der Waals surface area contributed by atoms with Gasteiger partial charge in [-0.1, -0.05) is 128 Å². The van der Waals surface area contributed by atoms with E-state index in [1.807, 2.05) is 128 Å². The van der Waals surface area contributed by atoms with E-state index in [9.17, 15) is 9.59 Å². The first-order chi connectivity index (χ1) is 17.5. The van der Waals surface area contributed by atoms with E-state index in [1.54, 1.807) is 18.2 Å². The minimum Gasteiger partial charge on any atom is -0.408 e. The van der Waals surface area contributed by atoms with Crippen LogP contribution < -0.4 is 0 Å². The summed E-state index contributed by atoms with van der Waals surface area (Å²) in [4.78, 5) is 18.6. The molecular weight excluding hydrogens is 460 g/mol. The standard InChI is InChI=1S/C31H32N2O2Si/c1-3-4-5-6-7-8-9-10-11-14-17-28-19-23-30(24-20-28)32-33-31-25-21-29(22-26-31)18-15-12-13-16-27-36(2,34)35/h3-27,34-35H,1H2,2H3/b5-4+,7-6+,9-8+,11-10+,13-12+,17-14+,18-15+,27-16+,33-32-. The molecule has 0 aliphatic heterocycles. The topological polar surface area (TPSA) is 65.2 Å². The zero-order valence-corrected chi connectivity index (χ0v) is 21.4. The normalized spacial score (nSPS) is 13.6. The Kier molecular flexibility index (Phi) is 12.8. The molecule has 0 unspecified atom stereocenters. The maximum absolute atomic E-state index is 9.32. The lowest BCUT2D eigenvalue weighted by atomic mass is 10.2. The van der Waals surface area contributed by atoms with Crippen LogP contribution in [-0.2, 0) is 0 Å². The third-order valence-corrected chi connectivity index (χ3v) is 5.24. The van der Waals surface area contributed by atoms with Gasteiger partial charge >= 0.3 is 8.56 Å². The average molecular weight is 493 g/mol. The molecule has 0 bridgehead atoms. The van der Waals surface area contributed by atoms with Crippen LogP contribution in [0.3, 0.4) is 0 Å². The highest BCUT2D eigenvalue weighted by atomic mass is 28.4. The number of benzene rings is 2. The summed E-state index contributed by atoms with van der Waals surface area (Å²) in [5.74, 6) is 0.